The molecule has 1 saturated heterocycles. The van der Waals surface area contributed by atoms with Crippen LogP contribution in [0.25, 0.3) is 0 Å². The third-order valence-corrected chi connectivity index (χ3v) is 3.96. The van der Waals surface area contributed by atoms with E-state index < -0.39 is 0 Å². The summed E-state index contributed by atoms with van der Waals surface area (Å²) in [4.78, 5) is 2.57. The van der Waals surface area contributed by atoms with Gasteiger partial charge in [0.1, 0.15) is 0 Å². The number of nitrogens with one attached hydrogen (secondary N) is 1. The van der Waals surface area contributed by atoms with E-state index in [4.69, 9.17) is 0 Å². The molecule has 1 aliphatic heterocycles. The second kappa shape index (κ2) is 5.98. The van der Waals surface area contributed by atoms with E-state index >= 15 is 0 Å². The Morgan fingerprint density at radius 2 is 2.06 bits per heavy atom. The predicted octanol–water partition coefficient (Wildman–Crippen LogP) is 2.48. The number of rotatable bonds is 2. The quantitative estimate of drug-likeness (QED) is 0.838. The number of hydrogen-bond acceptors (Lipinski definition) is 2. The maximum atomic E-state index is 3.46. The van der Waals surface area contributed by atoms with Gasteiger partial charge >= 0.3 is 0 Å². The standard InChI is InChI=1S/C13H19IN2/c1-11-6-7-15-8-9-16(11)10-12-2-4-13(14)5-3-12/h2-5,11,15H,6-10H2,1H3. The fraction of sp³-hybridized carbons (Fsp3) is 0.538. The molecule has 88 valence electrons. The molecule has 0 saturated carbocycles. The summed E-state index contributed by atoms with van der Waals surface area (Å²) in [7, 11) is 0. The van der Waals surface area contributed by atoms with Gasteiger partial charge in [-0.2, -0.15) is 0 Å². The first kappa shape index (κ1) is 12.3. The van der Waals surface area contributed by atoms with Gasteiger partial charge in [0.2, 0.25) is 0 Å². The first-order valence-electron chi connectivity index (χ1n) is 5.95. The summed E-state index contributed by atoms with van der Waals surface area (Å²) >= 11 is 2.35. The first-order chi connectivity index (χ1) is 7.75. The lowest BCUT2D eigenvalue weighted by atomic mass is 10.1. The summed E-state index contributed by atoms with van der Waals surface area (Å²) in [6, 6.07) is 9.56. The van der Waals surface area contributed by atoms with Crippen LogP contribution in [0.5, 0.6) is 0 Å². The van der Waals surface area contributed by atoms with Crippen molar-refractivity contribution in [3.8, 4) is 0 Å². The van der Waals surface area contributed by atoms with Crippen molar-refractivity contribution in [3.05, 3.63) is 33.4 Å². The zero-order chi connectivity index (χ0) is 11.4. The fourth-order valence-corrected chi connectivity index (χ4v) is 2.48. The van der Waals surface area contributed by atoms with E-state index in [0.29, 0.717) is 6.04 Å². The van der Waals surface area contributed by atoms with E-state index in [1.165, 1.54) is 15.6 Å². The highest BCUT2D eigenvalue weighted by Crippen LogP contribution is 2.13. The zero-order valence-electron chi connectivity index (χ0n) is 9.75. The van der Waals surface area contributed by atoms with Crippen molar-refractivity contribution in [3.63, 3.8) is 0 Å². The maximum absolute atomic E-state index is 3.46. The highest BCUT2D eigenvalue weighted by atomic mass is 127. The molecule has 1 aromatic rings. The Labute approximate surface area is 112 Å². The Kier molecular flexibility index (Phi) is 4.61. The SMILES string of the molecule is CC1CCNCCN1Cc1ccc(I)cc1. The lowest BCUT2D eigenvalue weighted by Crippen LogP contribution is -2.33. The largest absolute Gasteiger partial charge is 0.315 e. The van der Waals surface area contributed by atoms with Gasteiger partial charge < -0.3 is 5.32 Å². The molecule has 0 spiro atoms. The molecule has 1 unspecified atom stereocenters. The topological polar surface area (TPSA) is 15.3 Å². The number of hydrogen-bond donors (Lipinski definition) is 1. The van der Waals surface area contributed by atoms with E-state index in [2.05, 4.69) is 64.0 Å². The summed E-state index contributed by atoms with van der Waals surface area (Å²) in [5.74, 6) is 0. The lowest BCUT2D eigenvalue weighted by molar-refractivity contribution is 0.211. The van der Waals surface area contributed by atoms with Crippen molar-refractivity contribution >= 4 is 22.6 Å². The van der Waals surface area contributed by atoms with Crippen LogP contribution in [-0.4, -0.2) is 30.6 Å². The van der Waals surface area contributed by atoms with Crippen LogP contribution in [0.15, 0.2) is 24.3 Å². The van der Waals surface area contributed by atoms with E-state index in [9.17, 15) is 0 Å². The molecule has 1 N–H and O–H groups in total. The molecule has 0 aliphatic carbocycles. The Morgan fingerprint density at radius 1 is 1.31 bits per heavy atom. The minimum atomic E-state index is 0.689. The van der Waals surface area contributed by atoms with Crippen LogP contribution in [-0.2, 0) is 6.54 Å². The minimum Gasteiger partial charge on any atom is -0.315 e. The monoisotopic (exact) mass is 330 g/mol. The summed E-state index contributed by atoms with van der Waals surface area (Å²) in [6.45, 7) is 6.85. The molecule has 1 heterocycles. The molecule has 0 radical (unpaired) electrons. The Balaban J connectivity index is 1.99. The van der Waals surface area contributed by atoms with Crippen LogP contribution < -0.4 is 5.32 Å². The van der Waals surface area contributed by atoms with Gasteiger partial charge in [-0.3, -0.25) is 4.90 Å². The Bertz CT molecular complexity index is 323. The van der Waals surface area contributed by atoms with Crippen molar-refractivity contribution in [1.82, 2.24) is 10.2 Å². The molecule has 3 heteroatoms. The molecule has 16 heavy (non-hydrogen) atoms. The molecular formula is C13H19IN2. The highest BCUT2D eigenvalue weighted by molar-refractivity contribution is 14.1. The maximum Gasteiger partial charge on any atom is 0.0237 e. The molecule has 2 rings (SSSR count). The fourth-order valence-electron chi connectivity index (χ4n) is 2.12. The molecular weight excluding hydrogens is 311 g/mol. The molecule has 0 bridgehead atoms. The third kappa shape index (κ3) is 3.43. The van der Waals surface area contributed by atoms with Gasteiger partial charge in [-0.1, -0.05) is 12.1 Å². The van der Waals surface area contributed by atoms with Gasteiger partial charge in [0.05, 0.1) is 0 Å². The summed E-state index contributed by atoms with van der Waals surface area (Å²) in [5.41, 5.74) is 1.43. The smallest absolute Gasteiger partial charge is 0.0237 e. The van der Waals surface area contributed by atoms with Gasteiger partial charge in [0.25, 0.3) is 0 Å². The molecule has 1 fully saturated rings. The average molecular weight is 330 g/mol. The summed E-state index contributed by atoms with van der Waals surface area (Å²) < 4.78 is 1.31. The average Bonchev–Trinajstić information content (AvgIpc) is 2.48. The van der Waals surface area contributed by atoms with Gasteiger partial charge in [-0.15, -0.1) is 0 Å². The highest BCUT2D eigenvalue weighted by Gasteiger charge is 2.16. The molecule has 0 aromatic heterocycles. The zero-order valence-corrected chi connectivity index (χ0v) is 11.9. The van der Waals surface area contributed by atoms with Crippen LogP contribution in [0.2, 0.25) is 0 Å². The summed E-state index contributed by atoms with van der Waals surface area (Å²) in [5, 5.41) is 3.46. The van der Waals surface area contributed by atoms with E-state index in [0.717, 1.165) is 26.2 Å². The predicted molar refractivity (Wildman–Crippen MR) is 76.5 cm³/mol. The van der Waals surface area contributed by atoms with Crippen LogP contribution in [0.1, 0.15) is 18.9 Å². The van der Waals surface area contributed by atoms with Gasteiger partial charge in [0.15, 0.2) is 0 Å². The molecule has 2 nitrogen and oxygen atoms in total. The van der Waals surface area contributed by atoms with Gasteiger partial charge in [-0.05, 0) is 60.2 Å². The van der Waals surface area contributed by atoms with Crippen molar-refractivity contribution in [1.29, 1.82) is 0 Å². The van der Waals surface area contributed by atoms with Crippen molar-refractivity contribution in [2.45, 2.75) is 25.9 Å². The Hall–Kier alpha value is -0.130. The van der Waals surface area contributed by atoms with Crippen LogP contribution in [0, 0.1) is 3.57 Å². The molecule has 1 aromatic carbocycles. The van der Waals surface area contributed by atoms with Crippen LogP contribution >= 0.6 is 22.6 Å². The van der Waals surface area contributed by atoms with E-state index in [1.807, 2.05) is 0 Å². The second-order valence-corrected chi connectivity index (χ2v) is 5.73. The molecule has 0 amide bonds. The number of benzene rings is 1. The normalized spacial score (nSPS) is 23.0. The second-order valence-electron chi connectivity index (χ2n) is 4.48. The van der Waals surface area contributed by atoms with Gasteiger partial charge in [0, 0.05) is 29.2 Å². The van der Waals surface area contributed by atoms with Crippen molar-refractivity contribution < 1.29 is 0 Å². The minimum absolute atomic E-state index is 0.689. The third-order valence-electron chi connectivity index (χ3n) is 3.24. The number of halogens is 1. The molecule has 1 aliphatic rings. The number of nitrogens with zero attached hydrogens (tertiary/aromatic N) is 1. The van der Waals surface area contributed by atoms with Crippen LogP contribution in [0.4, 0.5) is 0 Å². The first-order valence-corrected chi connectivity index (χ1v) is 7.03. The molecule has 1 atom stereocenters. The van der Waals surface area contributed by atoms with E-state index in [1.54, 1.807) is 0 Å². The lowest BCUT2D eigenvalue weighted by Gasteiger charge is -2.26. The van der Waals surface area contributed by atoms with E-state index in [-0.39, 0.29) is 0 Å². The van der Waals surface area contributed by atoms with Crippen molar-refractivity contribution in [2.24, 2.45) is 0 Å². The summed E-state index contributed by atoms with van der Waals surface area (Å²) in [6.07, 6.45) is 1.25. The van der Waals surface area contributed by atoms with Crippen molar-refractivity contribution in [2.75, 3.05) is 19.6 Å². The Morgan fingerprint density at radius 3 is 2.81 bits per heavy atom. The van der Waals surface area contributed by atoms with Crippen LogP contribution in [0.3, 0.4) is 0 Å². The van der Waals surface area contributed by atoms with Gasteiger partial charge in [-0.25, -0.2) is 0 Å².